The van der Waals surface area contributed by atoms with Crippen molar-refractivity contribution in [2.24, 2.45) is 5.92 Å². The second kappa shape index (κ2) is 10.5. The molecule has 1 aliphatic heterocycles. The number of ether oxygens (including phenoxy) is 1. The maximum absolute atomic E-state index is 14.0. The normalized spacial score (nSPS) is 19.4. The summed E-state index contributed by atoms with van der Waals surface area (Å²) in [5.41, 5.74) is -0.321. The van der Waals surface area contributed by atoms with E-state index in [2.05, 4.69) is 9.97 Å². The van der Waals surface area contributed by atoms with Gasteiger partial charge in [0.05, 0.1) is 5.69 Å². The highest BCUT2D eigenvalue weighted by molar-refractivity contribution is 7.98. The molecule has 2 aromatic rings. The molecule has 0 spiro atoms. The van der Waals surface area contributed by atoms with Gasteiger partial charge in [0.1, 0.15) is 17.2 Å². The minimum Gasteiger partial charge on any atom is -0.492 e. The molecular formula is C25H27F2N5O4S. The molecule has 2 fully saturated rings. The summed E-state index contributed by atoms with van der Waals surface area (Å²) in [5.74, 6) is -3.31. The smallest absolute Gasteiger partial charge is 0.410 e. The van der Waals surface area contributed by atoms with E-state index in [1.807, 2.05) is 6.07 Å². The summed E-state index contributed by atoms with van der Waals surface area (Å²) in [4.78, 5) is 37.0. The molecule has 196 valence electrons. The fourth-order valence-electron chi connectivity index (χ4n) is 4.13. The molecule has 37 heavy (non-hydrogen) atoms. The van der Waals surface area contributed by atoms with E-state index in [9.17, 15) is 28.7 Å². The highest BCUT2D eigenvalue weighted by atomic mass is 32.2. The predicted octanol–water partition coefficient (Wildman–Crippen LogP) is 3.81. The summed E-state index contributed by atoms with van der Waals surface area (Å²) in [6, 6.07) is 5.75. The molecule has 2 heterocycles. The maximum Gasteiger partial charge on any atom is 0.410 e. The van der Waals surface area contributed by atoms with Crippen molar-refractivity contribution >= 4 is 23.8 Å². The molecule has 1 aromatic carbocycles. The van der Waals surface area contributed by atoms with Gasteiger partial charge in [-0.2, -0.15) is 10.2 Å². The van der Waals surface area contributed by atoms with Crippen molar-refractivity contribution in [2.75, 3.05) is 26.2 Å². The molecule has 12 heteroatoms. The minimum atomic E-state index is -0.965. The summed E-state index contributed by atoms with van der Waals surface area (Å²) >= 11 is 0.990. The van der Waals surface area contributed by atoms with Crippen molar-refractivity contribution in [1.29, 1.82) is 5.26 Å². The van der Waals surface area contributed by atoms with Gasteiger partial charge in [-0.15, -0.1) is 0 Å². The van der Waals surface area contributed by atoms with Gasteiger partial charge in [0.25, 0.3) is 0 Å². The molecule has 2 aliphatic rings. The number of hydrogen-bond donors (Lipinski definition) is 1. The van der Waals surface area contributed by atoms with E-state index in [0.29, 0.717) is 32.6 Å². The summed E-state index contributed by atoms with van der Waals surface area (Å²) in [6.07, 6.45) is 0.0426. The Morgan fingerprint density at radius 1 is 1.19 bits per heavy atom. The standard InChI is InChI=1S/C25H27F2N5O4S/c1-25(2,3)36-24(35)32-9-7-31(8-10-32)22(34)16-11-15(16)20-17(12-28)21(33)30-23(29-20)37-13-14-5-4-6-18(26)19(14)27/h4-6,15-16H,7-11,13H2,1-3H3,(H,29,30,33)/t15-,16-/m1/s1. The molecule has 2 atom stereocenters. The molecule has 4 rings (SSSR count). The number of nitrogens with zero attached hydrogens (tertiary/aromatic N) is 5. The van der Waals surface area contributed by atoms with Crippen LogP contribution in [0.4, 0.5) is 13.6 Å². The average Bonchev–Trinajstić information content (AvgIpc) is 3.64. The van der Waals surface area contributed by atoms with Crippen LogP contribution in [0.5, 0.6) is 5.88 Å². The molecule has 1 aliphatic carbocycles. The fourth-order valence-corrected chi connectivity index (χ4v) is 4.95. The number of piperazine rings is 1. The third kappa shape index (κ3) is 6.10. The summed E-state index contributed by atoms with van der Waals surface area (Å²) in [7, 11) is 0. The molecule has 1 aromatic heterocycles. The molecule has 1 saturated carbocycles. The van der Waals surface area contributed by atoms with Crippen LogP contribution in [0.25, 0.3) is 0 Å². The van der Waals surface area contributed by atoms with E-state index in [1.165, 1.54) is 12.1 Å². The van der Waals surface area contributed by atoms with Gasteiger partial charge in [-0.25, -0.2) is 18.6 Å². The van der Waals surface area contributed by atoms with Crippen LogP contribution in [0.3, 0.4) is 0 Å². The van der Waals surface area contributed by atoms with E-state index < -0.39 is 35.1 Å². The van der Waals surface area contributed by atoms with Crippen molar-refractivity contribution in [3.63, 3.8) is 0 Å². The molecule has 1 N–H and O–H groups in total. The molecule has 0 bridgehead atoms. The van der Waals surface area contributed by atoms with E-state index >= 15 is 0 Å². The number of aromatic hydroxyl groups is 1. The van der Waals surface area contributed by atoms with Crippen LogP contribution < -0.4 is 0 Å². The van der Waals surface area contributed by atoms with E-state index in [1.54, 1.807) is 30.6 Å². The van der Waals surface area contributed by atoms with E-state index in [4.69, 9.17) is 4.74 Å². The summed E-state index contributed by atoms with van der Waals surface area (Å²) in [5, 5.41) is 20.0. The average molecular weight is 532 g/mol. The first-order chi connectivity index (χ1) is 17.5. The van der Waals surface area contributed by atoms with Gasteiger partial charge in [0.15, 0.2) is 16.8 Å². The van der Waals surface area contributed by atoms with Gasteiger partial charge in [0.2, 0.25) is 11.8 Å². The van der Waals surface area contributed by atoms with Gasteiger partial charge < -0.3 is 19.6 Å². The van der Waals surface area contributed by atoms with Crippen LogP contribution in [0.2, 0.25) is 0 Å². The Labute approximate surface area is 217 Å². The SMILES string of the molecule is CC(C)(C)OC(=O)N1CCN(C(=O)[C@@H]2C[C@H]2c2nc(SCc3cccc(F)c3F)nc(O)c2C#N)CC1. The van der Waals surface area contributed by atoms with Gasteiger partial charge in [-0.1, -0.05) is 23.9 Å². The largest absolute Gasteiger partial charge is 0.492 e. The van der Waals surface area contributed by atoms with Gasteiger partial charge in [-0.3, -0.25) is 4.79 Å². The molecule has 9 nitrogen and oxygen atoms in total. The third-order valence-electron chi connectivity index (χ3n) is 6.10. The fraction of sp³-hybridized carbons (Fsp3) is 0.480. The lowest BCUT2D eigenvalue weighted by Crippen LogP contribution is -2.52. The van der Waals surface area contributed by atoms with Crippen molar-refractivity contribution < 1.29 is 28.2 Å². The minimum absolute atomic E-state index is 0.0172. The molecular weight excluding hydrogens is 504 g/mol. The monoisotopic (exact) mass is 531 g/mol. The number of carbonyl (C=O) groups is 2. The van der Waals surface area contributed by atoms with Gasteiger partial charge >= 0.3 is 6.09 Å². The van der Waals surface area contributed by atoms with Crippen LogP contribution in [0, 0.1) is 28.9 Å². The third-order valence-corrected chi connectivity index (χ3v) is 7.00. The predicted molar refractivity (Wildman–Crippen MR) is 130 cm³/mol. The number of amides is 2. The summed E-state index contributed by atoms with van der Waals surface area (Å²) < 4.78 is 32.9. The van der Waals surface area contributed by atoms with Crippen molar-refractivity contribution in [2.45, 2.75) is 49.6 Å². The Hall–Kier alpha value is -3.46. The Bertz CT molecular complexity index is 1250. The Morgan fingerprint density at radius 2 is 1.86 bits per heavy atom. The summed E-state index contributed by atoms with van der Waals surface area (Å²) in [6.45, 7) is 6.82. The van der Waals surface area contributed by atoms with E-state index in [0.717, 1.165) is 17.8 Å². The zero-order chi connectivity index (χ0) is 26.9. The number of thioether (sulfide) groups is 1. The zero-order valence-electron chi connectivity index (χ0n) is 20.7. The lowest BCUT2D eigenvalue weighted by atomic mass is 10.1. The van der Waals surface area contributed by atoms with Crippen molar-refractivity contribution in [1.82, 2.24) is 19.8 Å². The first kappa shape index (κ1) is 26.6. The van der Waals surface area contributed by atoms with Crippen LogP contribution in [-0.4, -0.2) is 68.7 Å². The van der Waals surface area contributed by atoms with Crippen LogP contribution in [-0.2, 0) is 15.3 Å². The number of nitriles is 1. The van der Waals surface area contributed by atoms with Crippen LogP contribution in [0.1, 0.15) is 49.9 Å². The van der Waals surface area contributed by atoms with Crippen molar-refractivity contribution in [3.05, 3.63) is 46.7 Å². The Balaban J connectivity index is 1.41. The quantitative estimate of drug-likeness (QED) is 0.457. The zero-order valence-corrected chi connectivity index (χ0v) is 21.5. The Morgan fingerprint density at radius 3 is 2.51 bits per heavy atom. The first-order valence-electron chi connectivity index (χ1n) is 11.8. The van der Waals surface area contributed by atoms with Crippen LogP contribution in [0.15, 0.2) is 23.4 Å². The van der Waals surface area contributed by atoms with Crippen LogP contribution >= 0.6 is 11.8 Å². The second-order valence-corrected chi connectivity index (χ2v) is 10.9. The number of halogens is 2. The number of rotatable bonds is 5. The lowest BCUT2D eigenvalue weighted by Gasteiger charge is -2.35. The number of carbonyl (C=O) groups excluding carboxylic acids is 2. The molecule has 0 radical (unpaired) electrons. The molecule has 2 amide bonds. The lowest BCUT2D eigenvalue weighted by molar-refractivity contribution is -0.134. The highest BCUT2D eigenvalue weighted by Gasteiger charge is 2.49. The highest BCUT2D eigenvalue weighted by Crippen LogP contribution is 2.50. The first-order valence-corrected chi connectivity index (χ1v) is 12.8. The number of hydrogen-bond acceptors (Lipinski definition) is 8. The van der Waals surface area contributed by atoms with Gasteiger partial charge in [-0.05, 0) is 33.3 Å². The second-order valence-electron chi connectivity index (χ2n) is 9.94. The molecule has 0 unspecified atom stereocenters. The number of benzene rings is 1. The number of aromatic nitrogens is 2. The van der Waals surface area contributed by atoms with Gasteiger partial charge in [0, 0.05) is 49.3 Å². The maximum atomic E-state index is 14.0. The van der Waals surface area contributed by atoms with E-state index in [-0.39, 0.29) is 39.6 Å². The Kier molecular flexibility index (Phi) is 7.54. The molecule has 1 saturated heterocycles. The topological polar surface area (TPSA) is 120 Å². The van der Waals surface area contributed by atoms with Crippen molar-refractivity contribution in [3.8, 4) is 11.9 Å².